The highest BCUT2D eigenvalue weighted by Crippen LogP contribution is 2.23. The van der Waals surface area contributed by atoms with Crippen LogP contribution < -0.4 is 4.90 Å². The SMILES string of the molecule is CC(O)c1nc2ccccc2n1CC(=O)N(c1ccccc1)C(C)C. The van der Waals surface area contributed by atoms with Crippen LogP contribution in [0.5, 0.6) is 0 Å². The van der Waals surface area contributed by atoms with Gasteiger partial charge in [0.1, 0.15) is 18.5 Å². The molecule has 0 saturated carbocycles. The third-order valence-electron chi connectivity index (χ3n) is 4.17. The third kappa shape index (κ3) is 3.42. The molecule has 0 saturated heterocycles. The number of fused-ring (bicyclic) bond motifs is 1. The number of carbonyl (C=O) groups excluding carboxylic acids is 1. The maximum atomic E-state index is 13.1. The van der Waals surface area contributed by atoms with Crippen LogP contribution in [0.2, 0.25) is 0 Å². The van der Waals surface area contributed by atoms with E-state index >= 15 is 0 Å². The highest BCUT2D eigenvalue weighted by molar-refractivity contribution is 5.94. The average Bonchev–Trinajstić information content (AvgIpc) is 2.95. The van der Waals surface area contributed by atoms with E-state index in [1.165, 1.54) is 0 Å². The van der Waals surface area contributed by atoms with Gasteiger partial charge in [-0.2, -0.15) is 0 Å². The molecule has 2 aromatic carbocycles. The van der Waals surface area contributed by atoms with Crippen molar-refractivity contribution >= 4 is 22.6 Å². The fourth-order valence-corrected chi connectivity index (χ4v) is 3.11. The van der Waals surface area contributed by atoms with E-state index in [0.717, 1.165) is 16.7 Å². The van der Waals surface area contributed by atoms with Crippen molar-refractivity contribution < 1.29 is 9.90 Å². The van der Waals surface area contributed by atoms with Crippen LogP contribution in [-0.4, -0.2) is 26.6 Å². The summed E-state index contributed by atoms with van der Waals surface area (Å²) in [5, 5.41) is 10.1. The van der Waals surface area contributed by atoms with Gasteiger partial charge in [0.25, 0.3) is 0 Å². The molecule has 1 heterocycles. The van der Waals surface area contributed by atoms with Crippen molar-refractivity contribution in [2.24, 2.45) is 0 Å². The first-order valence-electron chi connectivity index (χ1n) is 8.49. The largest absolute Gasteiger partial charge is 0.385 e. The molecule has 25 heavy (non-hydrogen) atoms. The fourth-order valence-electron chi connectivity index (χ4n) is 3.11. The Hall–Kier alpha value is -2.66. The minimum Gasteiger partial charge on any atom is -0.385 e. The van der Waals surface area contributed by atoms with Crippen LogP contribution in [0, 0.1) is 0 Å². The number of para-hydroxylation sites is 3. The van der Waals surface area contributed by atoms with Gasteiger partial charge in [0.15, 0.2) is 0 Å². The number of rotatable bonds is 5. The lowest BCUT2D eigenvalue weighted by Crippen LogP contribution is -2.39. The Bertz CT molecular complexity index is 869. The average molecular weight is 337 g/mol. The Morgan fingerprint density at radius 1 is 1.08 bits per heavy atom. The van der Waals surface area contributed by atoms with Gasteiger partial charge in [-0.15, -0.1) is 0 Å². The van der Waals surface area contributed by atoms with Gasteiger partial charge in [0.2, 0.25) is 5.91 Å². The number of hydrogen-bond acceptors (Lipinski definition) is 3. The molecule has 5 nitrogen and oxygen atoms in total. The van der Waals surface area contributed by atoms with Crippen molar-refractivity contribution in [3.8, 4) is 0 Å². The van der Waals surface area contributed by atoms with Gasteiger partial charge in [-0.25, -0.2) is 4.98 Å². The predicted molar refractivity (Wildman–Crippen MR) is 99.4 cm³/mol. The summed E-state index contributed by atoms with van der Waals surface area (Å²) in [4.78, 5) is 19.3. The number of hydrogen-bond donors (Lipinski definition) is 1. The number of nitrogens with zero attached hydrogens (tertiary/aromatic N) is 3. The van der Waals surface area contributed by atoms with Gasteiger partial charge in [0, 0.05) is 11.7 Å². The maximum absolute atomic E-state index is 13.1. The molecule has 1 N–H and O–H groups in total. The van der Waals surface area contributed by atoms with Crippen molar-refractivity contribution in [1.29, 1.82) is 0 Å². The fraction of sp³-hybridized carbons (Fsp3) is 0.300. The Labute approximate surface area is 147 Å². The maximum Gasteiger partial charge on any atom is 0.247 e. The van der Waals surface area contributed by atoms with Gasteiger partial charge in [-0.05, 0) is 45.0 Å². The lowest BCUT2D eigenvalue weighted by Gasteiger charge is -2.27. The van der Waals surface area contributed by atoms with Crippen LogP contribution in [0.15, 0.2) is 54.6 Å². The molecule has 1 atom stereocenters. The van der Waals surface area contributed by atoms with Crippen LogP contribution in [0.25, 0.3) is 11.0 Å². The summed E-state index contributed by atoms with van der Waals surface area (Å²) in [5.41, 5.74) is 2.50. The number of aromatic nitrogens is 2. The van der Waals surface area contributed by atoms with E-state index < -0.39 is 6.10 Å². The Kier molecular flexibility index (Phi) is 4.86. The van der Waals surface area contributed by atoms with Crippen LogP contribution in [0.1, 0.15) is 32.7 Å². The smallest absolute Gasteiger partial charge is 0.247 e. The molecule has 0 aliphatic rings. The lowest BCUT2D eigenvalue weighted by molar-refractivity contribution is -0.119. The number of aliphatic hydroxyl groups excluding tert-OH is 1. The normalized spacial score (nSPS) is 12.5. The number of amides is 1. The number of imidazole rings is 1. The van der Waals surface area contributed by atoms with Crippen molar-refractivity contribution in [3.63, 3.8) is 0 Å². The summed E-state index contributed by atoms with van der Waals surface area (Å²) < 4.78 is 1.81. The van der Waals surface area contributed by atoms with E-state index in [1.807, 2.05) is 68.4 Å². The van der Waals surface area contributed by atoms with E-state index in [0.29, 0.717) is 5.82 Å². The second kappa shape index (κ2) is 7.07. The molecular formula is C20H23N3O2. The zero-order valence-corrected chi connectivity index (χ0v) is 14.8. The summed E-state index contributed by atoms with van der Waals surface area (Å²) >= 11 is 0. The number of benzene rings is 2. The summed E-state index contributed by atoms with van der Waals surface area (Å²) in [5.74, 6) is 0.470. The number of anilines is 1. The lowest BCUT2D eigenvalue weighted by atomic mass is 10.2. The van der Waals surface area contributed by atoms with Gasteiger partial charge in [-0.3, -0.25) is 4.79 Å². The molecule has 0 bridgehead atoms. The van der Waals surface area contributed by atoms with Crippen molar-refractivity contribution in [3.05, 3.63) is 60.4 Å². The van der Waals surface area contributed by atoms with Crippen molar-refractivity contribution in [2.45, 2.75) is 39.5 Å². The van der Waals surface area contributed by atoms with Crippen LogP contribution in [0.4, 0.5) is 5.69 Å². The van der Waals surface area contributed by atoms with E-state index in [-0.39, 0.29) is 18.5 Å². The second-order valence-electron chi connectivity index (χ2n) is 6.41. The summed E-state index contributed by atoms with van der Waals surface area (Å²) in [6.45, 7) is 5.78. The number of aliphatic hydroxyl groups is 1. The molecular weight excluding hydrogens is 314 g/mol. The molecule has 5 heteroatoms. The Morgan fingerprint density at radius 2 is 1.72 bits per heavy atom. The van der Waals surface area contributed by atoms with Crippen LogP contribution in [-0.2, 0) is 11.3 Å². The molecule has 1 aromatic heterocycles. The molecule has 130 valence electrons. The first-order chi connectivity index (χ1) is 12.0. The van der Waals surface area contributed by atoms with Gasteiger partial charge < -0.3 is 14.6 Å². The highest BCUT2D eigenvalue weighted by Gasteiger charge is 2.22. The van der Waals surface area contributed by atoms with E-state index in [1.54, 1.807) is 16.4 Å². The van der Waals surface area contributed by atoms with Gasteiger partial charge in [-0.1, -0.05) is 30.3 Å². The molecule has 0 spiro atoms. The molecule has 0 aliphatic carbocycles. The van der Waals surface area contributed by atoms with Crippen LogP contribution in [0.3, 0.4) is 0 Å². The molecule has 3 aromatic rings. The Morgan fingerprint density at radius 3 is 2.36 bits per heavy atom. The zero-order valence-electron chi connectivity index (χ0n) is 14.8. The molecule has 1 amide bonds. The van der Waals surface area contributed by atoms with Crippen molar-refractivity contribution in [2.75, 3.05) is 4.90 Å². The third-order valence-corrected chi connectivity index (χ3v) is 4.17. The first kappa shape index (κ1) is 17.2. The zero-order chi connectivity index (χ0) is 18.0. The van der Waals surface area contributed by atoms with Gasteiger partial charge >= 0.3 is 0 Å². The summed E-state index contributed by atoms with van der Waals surface area (Å²) in [6, 6.07) is 17.3. The summed E-state index contributed by atoms with van der Waals surface area (Å²) in [7, 11) is 0. The van der Waals surface area contributed by atoms with Crippen molar-refractivity contribution in [1.82, 2.24) is 9.55 Å². The Balaban J connectivity index is 1.99. The quantitative estimate of drug-likeness (QED) is 0.775. The molecule has 1 unspecified atom stereocenters. The molecule has 3 rings (SSSR count). The molecule has 0 radical (unpaired) electrons. The van der Waals surface area contributed by atoms with Gasteiger partial charge in [0.05, 0.1) is 11.0 Å². The highest BCUT2D eigenvalue weighted by atomic mass is 16.3. The second-order valence-corrected chi connectivity index (χ2v) is 6.41. The van der Waals surface area contributed by atoms with E-state index in [2.05, 4.69) is 4.98 Å². The molecule has 0 aliphatic heterocycles. The standard InChI is InChI=1S/C20H23N3O2/c1-14(2)23(16-9-5-4-6-10-16)19(25)13-22-18-12-8-7-11-17(18)21-20(22)15(3)24/h4-12,14-15,24H,13H2,1-3H3. The van der Waals surface area contributed by atoms with E-state index in [9.17, 15) is 9.90 Å². The predicted octanol–water partition coefficient (Wildman–Crippen LogP) is 3.53. The first-order valence-corrected chi connectivity index (χ1v) is 8.49. The summed E-state index contributed by atoms with van der Waals surface area (Å²) in [6.07, 6.45) is -0.746. The number of carbonyl (C=O) groups is 1. The molecule has 0 fully saturated rings. The minimum atomic E-state index is -0.746. The van der Waals surface area contributed by atoms with Crippen LogP contribution >= 0.6 is 0 Å². The minimum absolute atomic E-state index is 0.0275. The topological polar surface area (TPSA) is 58.4 Å². The monoisotopic (exact) mass is 337 g/mol. The van der Waals surface area contributed by atoms with E-state index in [4.69, 9.17) is 0 Å².